The summed E-state index contributed by atoms with van der Waals surface area (Å²) in [6, 6.07) is 9.45. The van der Waals surface area contributed by atoms with E-state index < -0.39 is 0 Å². The lowest BCUT2D eigenvalue weighted by Gasteiger charge is -2.22. The van der Waals surface area contributed by atoms with Crippen molar-refractivity contribution in [1.82, 2.24) is 4.90 Å². The summed E-state index contributed by atoms with van der Waals surface area (Å²) in [4.78, 5) is 13.9. The van der Waals surface area contributed by atoms with Gasteiger partial charge in [0.05, 0.1) is 0 Å². The molecule has 6 heteroatoms. The van der Waals surface area contributed by atoms with Crippen LogP contribution in [0.2, 0.25) is 0 Å². The minimum absolute atomic E-state index is 0.137. The second-order valence-electron chi connectivity index (χ2n) is 4.56. The molecule has 4 N–H and O–H groups in total. The first-order chi connectivity index (χ1) is 9.20. The van der Waals surface area contributed by atoms with Gasteiger partial charge in [0, 0.05) is 24.7 Å². The van der Waals surface area contributed by atoms with Crippen molar-refractivity contribution < 1.29 is 10.0 Å². The van der Waals surface area contributed by atoms with Crippen LogP contribution in [0.25, 0.3) is 0 Å². The van der Waals surface area contributed by atoms with Gasteiger partial charge in [0.2, 0.25) is 0 Å². The average Bonchev–Trinajstić information content (AvgIpc) is 3.24. The summed E-state index contributed by atoms with van der Waals surface area (Å²) in [6.45, 7) is 0.458. The van der Waals surface area contributed by atoms with E-state index in [0.29, 0.717) is 13.0 Å². The molecule has 0 bridgehead atoms. The fourth-order valence-electron chi connectivity index (χ4n) is 1.84. The Hall–Kier alpha value is -2.24. The lowest BCUT2D eigenvalue weighted by Crippen LogP contribution is -2.38. The fourth-order valence-corrected chi connectivity index (χ4v) is 1.84. The number of urea groups is 1. The van der Waals surface area contributed by atoms with Crippen LogP contribution >= 0.6 is 0 Å². The summed E-state index contributed by atoms with van der Waals surface area (Å²) in [7, 11) is 0. The number of amidine groups is 1. The maximum Gasteiger partial charge on any atom is 0.322 e. The zero-order chi connectivity index (χ0) is 13.7. The SMILES string of the molecule is NC(CCN(C(=O)Nc1ccccc1)C1CC1)=NO. The van der Waals surface area contributed by atoms with Crippen molar-refractivity contribution in [1.29, 1.82) is 0 Å². The molecule has 1 aromatic carbocycles. The van der Waals surface area contributed by atoms with Gasteiger partial charge in [-0.25, -0.2) is 4.79 Å². The smallest absolute Gasteiger partial charge is 0.322 e. The highest BCUT2D eigenvalue weighted by molar-refractivity contribution is 5.90. The van der Waals surface area contributed by atoms with Gasteiger partial charge < -0.3 is 21.2 Å². The highest BCUT2D eigenvalue weighted by Crippen LogP contribution is 2.27. The van der Waals surface area contributed by atoms with E-state index in [1.165, 1.54) is 0 Å². The summed E-state index contributed by atoms with van der Waals surface area (Å²) in [6.07, 6.45) is 2.39. The minimum atomic E-state index is -0.139. The molecule has 102 valence electrons. The van der Waals surface area contributed by atoms with Gasteiger partial charge in [-0.05, 0) is 25.0 Å². The number of rotatable bonds is 5. The highest BCUT2D eigenvalue weighted by Gasteiger charge is 2.32. The molecule has 0 saturated heterocycles. The number of oxime groups is 1. The first-order valence-corrected chi connectivity index (χ1v) is 6.30. The summed E-state index contributed by atoms with van der Waals surface area (Å²) in [5, 5.41) is 14.3. The number of amides is 2. The maximum absolute atomic E-state index is 12.2. The molecule has 6 nitrogen and oxygen atoms in total. The Kier molecular flexibility index (Phi) is 4.22. The average molecular weight is 262 g/mol. The van der Waals surface area contributed by atoms with Crippen LogP contribution in [-0.2, 0) is 0 Å². The molecule has 0 unspecified atom stereocenters. The van der Waals surface area contributed by atoms with Crippen molar-refractivity contribution in [3.05, 3.63) is 30.3 Å². The second-order valence-corrected chi connectivity index (χ2v) is 4.56. The van der Waals surface area contributed by atoms with Gasteiger partial charge in [-0.2, -0.15) is 0 Å². The summed E-state index contributed by atoms with van der Waals surface area (Å²) in [5.74, 6) is 0.137. The molecule has 1 aliphatic rings. The number of hydrogen-bond donors (Lipinski definition) is 3. The molecular weight excluding hydrogens is 244 g/mol. The van der Waals surface area contributed by atoms with E-state index in [9.17, 15) is 4.79 Å². The van der Waals surface area contributed by atoms with Crippen molar-refractivity contribution in [3.8, 4) is 0 Å². The Morgan fingerprint density at radius 2 is 2.11 bits per heavy atom. The molecule has 1 aliphatic carbocycles. The lowest BCUT2D eigenvalue weighted by molar-refractivity contribution is 0.210. The van der Waals surface area contributed by atoms with Crippen molar-refractivity contribution in [3.63, 3.8) is 0 Å². The monoisotopic (exact) mass is 262 g/mol. The van der Waals surface area contributed by atoms with Crippen LogP contribution in [0.4, 0.5) is 10.5 Å². The minimum Gasteiger partial charge on any atom is -0.409 e. The van der Waals surface area contributed by atoms with E-state index in [2.05, 4.69) is 10.5 Å². The number of nitrogens with two attached hydrogens (primary N) is 1. The molecule has 1 saturated carbocycles. The number of nitrogens with one attached hydrogen (secondary N) is 1. The molecule has 2 rings (SSSR count). The van der Waals surface area contributed by atoms with Crippen molar-refractivity contribution in [2.75, 3.05) is 11.9 Å². The van der Waals surface area contributed by atoms with Gasteiger partial charge in [0.1, 0.15) is 5.84 Å². The Labute approximate surface area is 111 Å². The predicted octanol–water partition coefficient (Wildman–Crippen LogP) is 1.82. The number of para-hydroxylation sites is 1. The highest BCUT2D eigenvalue weighted by atomic mass is 16.4. The van der Waals surface area contributed by atoms with Gasteiger partial charge in [-0.3, -0.25) is 0 Å². The summed E-state index contributed by atoms with van der Waals surface area (Å²) < 4.78 is 0. The number of carbonyl (C=O) groups excluding carboxylic acids is 1. The Bertz CT molecular complexity index is 457. The Balaban J connectivity index is 1.93. The van der Waals surface area contributed by atoms with Crippen molar-refractivity contribution in [2.45, 2.75) is 25.3 Å². The molecule has 0 heterocycles. The van der Waals surface area contributed by atoms with Crippen molar-refractivity contribution >= 4 is 17.6 Å². The number of anilines is 1. The topological polar surface area (TPSA) is 91.0 Å². The third-order valence-corrected chi connectivity index (χ3v) is 3.01. The number of hydrogen-bond acceptors (Lipinski definition) is 3. The molecule has 0 aromatic heterocycles. The molecule has 1 fully saturated rings. The molecule has 1 aromatic rings. The third-order valence-electron chi connectivity index (χ3n) is 3.01. The van der Waals surface area contributed by atoms with Gasteiger partial charge in [-0.1, -0.05) is 23.4 Å². The molecule has 2 amide bonds. The molecule has 0 radical (unpaired) electrons. The lowest BCUT2D eigenvalue weighted by atomic mass is 10.3. The molecular formula is C13H18N4O2. The summed E-state index contributed by atoms with van der Waals surface area (Å²) >= 11 is 0. The largest absolute Gasteiger partial charge is 0.409 e. The van der Waals surface area contributed by atoms with Gasteiger partial charge >= 0.3 is 6.03 Å². The normalized spacial score (nSPS) is 15.1. The quantitative estimate of drug-likeness (QED) is 0.327. The van der Waals surface area contributed by atoms with Gasteiger partial charge in [0.25, 0.3) is 0 Å². The van der Waals surface area contributed by atoms with Crippen LogP contribution in [0.1, 0.15) is 19.3 Å². The second kappa shape index (κ2) is 6.08. The molecule has 0 atom stereocenters. The fraction of sp³-hybridized carbons (Fsp3) is 0.385. The Morgan fingerprint density at radius 3 is 2.68 bits per heavy atom. The zero-order valence-electron chi connectivity index (χ0n) is 10.6. The number of benzene rings is 1. The zero-order valence-corrected chi connectivity index (χ0v) is 10.6. The maximum atomic E-state index is 12.2. The van der Waals surface area contributed by atoms with E-state index >= 15 is 0 Å². The van der Waals surface area contributed by atoms with E-state index in [0.717, 1.165) is 18.5 Å². The molecule has 0 spiro atoms. The van der Waals surface area contributed by atoms with Gasteiger partial charge in [-0.15, -0.1) is 0 Å². The summed E-state index contributed by atoms with van der Waals surface area (Å²) in [5.41, 5.74) is 6.20. The number of carbonyl (C=O) groups is 1. The predicted molar refractivity (Wildman–Crippen MR) is 73.2 cm³/mol. The van der Waals surface area contributed by atoms with Crippen LogP contribution < -0.4 is 11.1 Å². The third kappa shape index (κ3) is 3.87. The van der Waals surface area contributed by atoms with Crippen LogP contribution in [0.3, 0.4) is 0 Å². The van der Waals surface area contributed by atoms with E-state index in [-0.39, 0.29) is 17.9 Å². The van der Waals surface area contributed by atoms with Crippen LogP contribution in [-0.4, -0.2) is 34.6 Å². The van der Waals surface area contributed by atoms with Gasteiger partial charge in [0.15, 0.2) is 0 Å². The first-order valence-electron chi connectivity index (χ1n) is 6.30. The van der Waals surface area contributed by atoms with E-state index in [1.807, 2.05) is 30.3 Å². The number of nitrogens with zero attached hydrogens (tertiary/aromatic N) is 2. The molecule has 0 aliphatic heterocycles. The van der Waals surface area contributed by atoms with Crippen LogP contribution in [0, 0.1) is 0 Å². The first kappa shape index (κ1) is 13.2. The molecule has 19 heavy (non-hydrogen) atoms. The van der Waals surface area contributed by atoms with Crippen LogP contribution in [0.15, 0.2) is 35.5 Å². The Morgan fingerprint density at radius 1 is 1.42 bits per heavy atom. The van der Waals surface area contributed by atoms with E-state index in [1.54, 1.807) is 4.90 Å². The van der Waals surface area contributed by atoms with Crippen molar-refractivity contribution in [2.24, 2.45) is 10.9 Å². The van der Waals surface area contributed by atoms with Crippen LogP contribution in [0.5, 0.6) is 0 Å². The van der Waals surface area contributed by atoms with E-state index in [4.69, 9.17) is 10.9 Å². The standard InChI is InChI=1S/C13H18N4O2/c14-12(16-19)8-9-17(11-6-7-11)13(18)15-10-4-2-1-3-5-10/h1-5,11,19H,6-9H2,(H2,14,16)(H,15,18).